The maximum absolute atomic E-state index is 12.2. The van der Waals surface area contributed by atoms with E-state index in [0.717, 1.165) is 12.8 Å². The number of anilines is 1. The average Bonchev–Trinajstić information content (AvgIpc) is 2.85. The molecule has 2 atom stereocenters. The molecule has 19 heavy (non-hydrogen) atoms. The van der Waals surface area contributed by atoms with E-state index >= 15 is 0 Å². The summed E-state index contributed by atoms with van der Waals surface area (Å²) in [5, 5.41) is 23.0. The van der Waals surface area contributed by atoms with E-state index in [0.29, 0.717) is 23.4 Å². The molecule has 6 heteroatoms. The van der Waals surface area contributed by atoms with Gasteiger partial charge in [0, 0.05) is 0 Å². The largest absolute Gasteiger partial charge is 0.481 e. The minimum absolute atomic E-state index is 0.286. The Morgan fingerprint density at radius 3 is 2.68 bits per heavy atom. The summed E-state index contributed by atoms with van der Waals surface area (Å²) in [4.78, 5) is 23.3. The minimum atomic E-state index is -0.911. The van der Waals surface area contributed by atoms with Crippen LogP contribution < -0.4 is 5.32 Å². The Morgan fingerprint density at radius 1 is 1.37 bits per heavy atom. The lowest BCUT2D eigenvalue weighted by Crippen LogP contribution is -2.36. The molecule has 1 aliphatic carbocycles. The molecule has 1 saturated carbocycles. The van der Waals surface area contributed by atoms with Gasteiger partial charge in [-0.2, -0.15) is 5.26 Å². The van der Waals surface area contributed by atoms with Gasteiger partial charge >= 0.3 is 5.97 Å². The number of carbonyl (C=O) groups excluding carboxylic acids is 1. The van der Waals surface area contributed by atoms with Crippen molar-refractivity contribution < 1.29 is 14.7 Å². The second-order valence-electron chi connectivity index (χ2n) is 4.60. The average molecular weight is 278 g/mol. The van der Waals surface area contributed by atoms with Crippen LogP contribution in [0.3, 0.4) is 0 Å². The summed E-state index contributed by atoms with van der Waals surface area (Å²) >= 11 is 1.27. The summed E-state index contributed by atoms with van der Waals surface area (Å²) in [6.07, 6.45) is 2.86. The van der Waals surface area contributed by atoms with Crippen molar-refractivity contribution in [1.29, 1.82) is 5.26 Å². The molecule has 0 bridgehead atoms. The zero-order valence-corrected chi connectivity index (χ0v) is 11.1. The topological polar surface area (TPSA) is 90.2 Å². The van der Waals surface area contributed by atoms with Gasteiger partial charge in [0.1, 0.15) is 11.1 Å². The third-order valence-corrected chi connectivity index (χ3v) is 4.27. The number of thiophene rings is 1. The van der Waals surface area contributed by atoms with Crippen LogP contribution in [0.25, 0.3) is 0 Å². The number of hydrogen-bond acceptors (Lipinski definition) is 4. The number of carbonyl (C=O) groups is 2. The van der Waals surface area contributed by atoms with E-state index in [-0.39, 0.29) is 5.91 Å². The Labute approximate surface area is 114 Å². The van der Waals surface area contributed by atoms with Gasteiger partial charge in [0.2, 0.25) is 5.91 Å². The van der Waals surface area contributed by atoms with Crippen LogP contribution in [0.2, 0.25) is 0 Å². The normalized spacial score (nSPS) is 22.5. The molecule has 1 aromatic heterocycles. The van der Waals surface area contributed by atoms with Crippen LogP contribution in [0.4, 0.5) is 5.00 Å². The van der Waals surface area contributed by atoms with Crippen LogP contribution in [-0.4, -0.2) is 17.0 Å². The zero-order valence-electron chi connectivity index (χ0n) is 10.3. The van der Waals surface area contributed by atoms with Gasteiger partial charge in [-0.1, -0.05) is 12.8 Å². The maximum atomic E-state index is 12.2. The number of nitrogens with one attached hydrogen (secondary N) is 1. The summed E-state index contributed by atoms with van der Waals surface area (Å²) in [7, 11) is 0. The van der Waals surface area contributed by atoms with E-state index in [9.17, 15) is 9.59 Å². The number of aliphatic carboxylic acids is 1. The van der Waals surface area contributed by atoms with Gasteiger partial charge in [0.05, 0.1) is 17.4 Å². The van der Waals surface area contributed by atoms with Crippen molar-refractivity contribution in [3.63, 3.8) is 0 Å². The molecule has 2 rings (SSSR count). The number of nitriles is 1. The Balaban J connectivity index is 2.10. The molecule has 0 spiro atoms. The molecule has 1 amide bonds. The van der Waals surface area contributed by atoms with Crippen LogP contribution in [-0.2, 0) is 9.59 Å². The van der Waals surface area contributed by atoms with E-state index in [1.807, 2.05) is 6.07 Å². The van der Waals surface area contributed by atoms with Gasteiger partial charge in [-0.3, -0.25) is 9.59 Å². The summed E-state index contributed by atoms with van der Waals surface area (Å²) in [5.74, 6) is -2.31. The van der Waals surface area contributed by atoms with Gasteiger partial charge in [-0.05, 0) is 24.3 Å². The first-order chi connectivity index (χ1) is 9.13. The minimum Gasteiger partial charge on any atom is -0.481 e. The lowest BCUT2D eigenvalue weighted by Gasteiger charge is -2.27. The smallest absolute Gasteiger partial charge is 0.307 e. The van der Waals surface area contributed by atoms with Crippen molar-refractivity contribution in [2.24, 2.45) is 11.8 Å². The third-order valence-electron chi connectivity index (χ3n) is 3.44. The highest BCUT2D eigenvalue weighted by Gasteiger charge is 2.35. The molecule has 0 saturated heterocycles. The predicted molar refractivity (Wildman–Crippen MR) is 70.7 cm³/mol. The lowest BCUT2D eigenvalue weighted by molar-refractivity contribution is -0.147. The molecule has 5 nitrogen and oxygen atoms in total. The summed E-state index contributed by atoms with van der Waals surface area (Å²) < 4.78 is 0. The zero-order chi connectivity index (χ0) is 13.8. The van der Waals surface area contributed by atoms with Crippen molar-refractivity contribution in [3.05, 3.63) is 17.0 Å². The summed E-state index contributed by atoms with van der Waals surface area (Å²) in [5.41, 5.74) is 0.418. The van der Waals surface area contributed by atoms with Crippen molar-refractivity contribution >= 4 is 28.2 Å². The molecular formula is C13H14N2O3S. The molecule has 2 N–H and O–H groups in total. The first-order valence-electron chi connectivity index (χ1n) is 6.14. The Hall–Kier alpha value is -1.87. The number of nitrogens with zero attached hydrogens (tertiary/aromatic N) is 1. The predicted octanol–water partition coefficient (Wildman–Crippen LogP) is 2.45. The van der Waals surface area contributed by atoms with E-state index in [4.69, 9.17) is 10.4 Å². The summed E-state index contributed by atoms with van der Waals surface area (Å²) in [6.45, 7) is 0. The van der Waals surface area contributed by atoms with E-state index in [1.54, 1.807) is 11.4 Å². The molecule has 1 fully saturated rings. The van der Waals surface area contributed by atoms with Crippen molar-refractivity contribution in [2.75, 3.05) is 5.32 Å². The van der Waals surface area contributed by atoms with E-state index < -0.39 is 17.8 Å². The molecule has 1 heterocycles. The van der Waals surface area contributed by atoms with Gasteiger partial charge in [-0.15, -0.1) is 11.3 Å². The van der Waals surface area contributed by atoms with Crippen LogP contribution in [0, 0.1) is 23.2 Å². The molecule has 0 unspecified atom stereocenters. The number of amides is 1. The molecular weight excluding hydrogens is 264 g/mol. The fraction of sp³-hybridized carbons (Fsp3) is 0.462. The highest BCUT2D eigenvalue weighted by atomic mass is 32.1. The number of carboxylic acids is 1. The Morgan fingerprint density at radius 2 is 2.05 bits per heavy atom. The molecule has 1 aliphatic rings. The first kappa shape index (κ1) is 13.6. The van der Waals surface area contributed by atoms with Crippen LogP contribution in [0.15, 0.2) is 11.4 Å². The fourth-order valence-corrected chi connectivity index (χ4v) is 3.18. The summed E-state index contributed by atoms with van der Waals surface area (Å²) in [6, 6.07) is 3.63. The third kappa shape index (κ3) is 2.93. The van der Waals surface area contributed by atoms with Crippen molar-refractivity contribution in [2.45, 2.75) is 25.7 Å². The first-order valence-corrected chi connectivity index (χ1v) is 7.02. The van der Waals surface area contributed by atoms with Crippen LogP contribution in [0.5, 0.6) is 0 Å². The molecule has 1 aromatic rings. The van der Waals surface area contributed by atoms with Crippen LogP contribution >= 0.6 is 11.3 Å². The highest BCUT2D eigenvalue weighted by molar-refractivity contribution is 7.14. The van der Waals surface area contributed by atoms with Gasteiger partial charge in [0.15, 0.2) is 0 Å². The van der Waals surface area contributed by atoms with E-state index in [1.165, 1.54) is 11.3 Å². The number of hydrogen-bond donors (Lipinski definition) is 2. The standard InChI is InChI=1S/C13H14N2O3S/c14-7-8-5-6-19-12(8)15-11(16)9-3-1-2-4-10(9)13(17)18/h5-6,9-10H,1-4H2,(H,15,16)(H,17,18)/t9-,10-/m1/s1. The monoisotopic (exact) mass is 278 g/mol. The second kappa shape index (κ2) is 5.85. The van der Waals surface area contributed by atoms with E-state index in [2.05, 4.69) is 5.32 Å². The van der Waals surface area contributed by atoms with Crippen molar-refractivity contribution in [1.82, 2.24) is 0 Å². The number of carboxylic acid groups (broad SMARTS) is 1. The van der Waals surface area contributed by atoms with Gasteiger partial charge in [0.25, 0.3) is 0 Å². The number of rotatable bonds is 3. The molecule has 0 aliphatic heterocycles. The van der Waals surface area contributed by atoms with Crippen molar-refractivity contribution in [3.8, 4) is 6.07 Å². The quantitative estimate of drug-likeness (QED) is 0.888. The fourth-order valence-electron chi connectivity index (χ4n) is 2.44. The molecule has 0 aromatic carbocycles. The second-order valence-corrected chi connectivity index (χ2v) is 5.52. The van der Waals surface area contributed by atoms with Crippen LogP contribution in [0.1, 0.15) is 31.2 Å². The molecule has 0 radical (unpaired) electrons. The van der Waals surface area contributed by atoms with Gasteiger partial charge in [-0.25, -0.2) is 0 Å². The molecule has 100 valence electrons. The maximum Gasteiger partial charge on any atom is 0.307 e. The van der Waals surface area contributed by atoms with Gasteiger partial charge < -0.3 is 10.4 Å². The highest BCUT2D eigenvalue weighted by Crippen LogP contribution is 2.32. The Bertz CT molecular complexity index is 532. The SMILES string of the molecule is N#Cc1ccsc1NC(=O)[C@@H]1CCCC[C@H]1C(=O)O. The Kier molecular flexibility index (Phi) is 4.17. The lowest BCUT2D eigenvalue weighted by atomic mass is 9.79.